The van der Waals surface area contributed by atoms with Crippen LogP contribution in [0.1, 0.15) is 5.56 Å². The molecule has 60 heavy (non-hydrogen) atoms. The van der Waals surface area contributed by atoms with Crippen molar-refractivity contribution in [1.29, 1.82) is 0 Å². The Morgan fingerprint density at radius 3 is 0.817 bits per heavy atom. The quantitative estimate of drug-likeness (QED) is 0.129. The molecule has 0 bridgehead atoms. The van der Waals surface area contributed by atoms with Crippen LogP contribution in [0.5, 0.6) is 0 Å². The fourth-order valence-corrected chi connectivity index (χ4v) is 8.07. The Morgan fingerprint density at radius 2 is 0.517 bits per heavy atom. The van der Waals surface area contributed by atoms with E-state index in [1.807, 2.05) is 48.5 Å². The lowest BCUT2D eigenvalue weighted by Gasteiger charge is -2.27. The van der Waals surface area contributed by atoms with E-state index in [-0.39, 0.29) is 0 Å². The number of nitrogens with zero attached hydrogens (tertiary/aromatic N) is 3. The third-order valence-electron chi connectivity index (χ3n) is 10.6. The molecule has 0 N–H and O–H groups in total. The molecule has 0 atom stereocenters. The first-order valence-electron chi connectivity index (χ1n) is 20.0. The first-order chi connectivity index (χ1) is 29.5. The van der Waals surface area contributed by atoms with E-state index >= 15 is 0 Å². The highest BCUT2D eigenvalue weighted by molar-refractivity contribution is 6.31. The maximum atomic E-state index is 6.44. The Labute approximate surface area is 362 Å². The molecule has 0 aliphatic heterocycles. The van der Waals surface area contributed by atoms with Gasteiger partial charge in [-0.2, -0.15) is 0 Å². The Balaban J connectivity index is 0.985. The maximum absolute atomic E-state index is 6.44. The van der Waals surface area contributed by atoms with Crippen LogP contribution in [-0.2, 0) is 0 Å². The molecule has 3 nitrogen and oxygen atoms in total. The van der Waals surface area contributed by atoms with Crippen molar-refractivity contribution < 1.29 is 0 Å². The lowest BCUT2D eigenvalue weighted by Crippen LogP contribution is -2.10. The predicted molar refractivity (Wildman–Crippen MR) is 256 cm³/mol. The summed E-state index contributed by atoms with van der Waals surface area (Å²) in [5.41, 5.74) is 15.3. The van der Waals surface area contributed by atoms with E-state index in [0.717, 1.165) is 73.4 Å². The average molecular weight is 815 g/mol. The highest BCUT2D eigenvalue weighted by atomic mass is 35.5. The topological polar surface area (TPSA) is 9.72 Å². The van der Waals surface area contributed by atoms with Crippen LogP contribution in [0.3, 0.4) is 0 Å². The smallest absolute Gasteiger partial charge is 0.0476 e. The van der Waals surface area contributed by atoms with Crippen molar-refractivity contribution >= 4 is 74.4 Å². The van der Waals surface area contributed by atoms with Crippen molar-refractivity contribution in [3.63, 3.8) is 0 Å². The Hall–Kier alpha value is -7.04. The highest BCUT2D eigenvalue weighted by Crippen LogP contribution is 2.40. The fraction of sp³-hybridized carbons (Fsp3) is 0.0182. The zero-order valence-corrected chi connectivity index (χ0v) is 34.5. The molecule has 0 saturated heterocycles. The zero-order chi connectivity index (χ0) is 40.8. The minimum atomic E-state index is 0.702. The molecule has 290 valence electrons. The second-order valence-electron chi connectivity index (χ2n) is 14.7. The largest absolute Gasteiger partial charge is 0.310 e. The zero-order valence-electron chi connectivity index (χ0n) is 33.0. The Kier molecular flexibility index (Phi) is 11.2. The van der Waals surface area contributed by atoms with Crippen LogP contribution in [-0.4, -0.2) is 0 Å². The molecule has 9 aromatic rings. The van der Waals surface area contributed by atoms with Gasteiger partial charge in [0.1, 0.15) is 0 Å². The van der Waals surface area contributed by atoms with E-state index < -0.39 is 0 Å². The molecule has 0 aliphatic rings. The molecular weight excluding hydrogens is 774 g/mol. The van der Waals surface area contributed by atoms with Crippen molar-refractivity contribution in [2.45, 2.75) is 6.92 Å². The van der Waals surface area contributed by atoms with Crippen LogP contribution < -0.4 is 14.7 Å². The molecule has 0 amide bonds. The normalized spacial score (nSPS) is 10.9. The minimum absolute atomic E-state index is 0.702. The van der Waals surface area contributed by atoms with Crippen LogP contribution in [0.15, 0.2) is 231 Å². The van der Waals surface area contributed by atoms with E-state index in [1.54, 1.807) is 0 Å². The van der Waals surface area contributed by atoms with E-state index in [9.17, 15) is 0 Å². The number of para-hydroxylation sites is 2. The summed E-state index contributed by atoms with van der Waals surface area (Å²) in [5, 5.41) is 1.40. The number of hydrogen-bond acceptors (Lipinski definition) is 3. The van der Waals surface area contributed by atoms with Gasteiger partial charge in [0.05, 0.1) is 0 Å². The Morgan fingerprint density at radius 1 is 0.250 bits per heavy atom. The van der Waals surface area contributed by atoms with Gasteiger partial charge in [-0.1, -0.05) is 132 Å². The summed E-state index contributed by atoms with van der Waals surface area (Å²) < 4.78 is 0. The monoisotopic (exact) mass is 813 g/mol. The van der Waals surface area contributed by atoms with Gasteiger partial charge in [-0.25, -0.2) is 0 Å². The van der Waals surface area contributed by atoms with Crippen LogP contribution >= 0.6 is 23.2 Å². The van der Waals surface area contributed by atoms with Gasteiger partial charge in [-0.05, 0) is 156 Å². The molecule has 0 saturated carbocycles. The number of benzene rings is 9. The van der Waals surface area contributed by atoms with Crippen molar-refractivity contribution in [3.05, 3.63) is 246 Å². The van der Waals surface area contributed by atoms with Gasteiger partial charge in [0.2, 0.25) is 0 Å². The van der Waals surface area contributed by atoms with Crippen molar-refractivity contribution in [2.24, 2.45) is 0 Å². The molecule has 9 rings (SSSR count). The number of halogens is 2. The van der Waals surface area contributed by atoms with Crippen LogP contribution in [0.25, 0.3) is 22.3 Å². The second kappa shape index (κ2) is 17.4. The molecule has 0 heterocycles. The molecule has 9 aromatic carbocycles. The van der Waals surface area contributed by atoms with E-state index in [0.29, 0.717) is 10.0 Å². The van der Waals surface area contributed by atoms with Gasteiger partial charge in [0, 0.05) is 61.2 Å². The SMILES string of the molecule is Cc1cccc(N(c2ccc(-c3ccc(N(c4ccccc4)c4cccc(Cl)c4)cc3)cc2)c2ccc(-c3ccc(N(c4ccccc4)c4cccc(Cl)c4)cc3)cc2)c1. The summed E-state index contributed by atoms with van der Waals surface area (Å²) in [7, 11) is 0. The molecular formula is C55H41Cl2N3. The Bertz CT molecular complexity index is 2650. The van der Waals surface area contributed by atoms with Gasteiger partial charge >= 0.3 is 0 Å². The summed E-state index contributed by atoms with van der Waals surface area (Å²) >= 11 is 12.9. The summed E-state index contributed by atoms with van der Waals surface area (Å²) in [6, 6.07) is 80.4. The third-order valence-corrected chi connectivity index (χ3v) is 11.1. The third kappa shape index (κ3) is 8.41. The maximum Gasteiger partial charge on any atom is 0.0476 e. The second-order valence-corrected chi connectivity index (χ2v) is 15.5. The summed E-state index contributed by atoms with van der Waals surface area (Å²) in [5.74, 6) is 0. The van der Waals surface area contributed by atoms with Gasteiger partial charge in [-0.15, -0.1) is 0 Å². The van der Waals surface area contributed by atoms with Gasteiger partial charge in [-0.3, -0.25) is 0 Å². The molecule has 0 aliphatic carbocycles. The van der Waals surface area contributed by atoms with E-state index in [4.69, 9.17) is 23.2 Å². The number of hydrogen-bond donors (Lipinski definition) is 0. The molecule has 0 aromatic heterocycles. The van der Waals surface area contributed by atoms with Crippen molar-refractivity contribution in [2.75, 3.05) is 14.7 Å². The predicted octanol–water partition coefficient (Wildman–Crippen LogP) is 17.0. The van der Waals surface area contributed by atoms with Crippen LogP contribution in [0, 0.1) is 6.92 Å². The minimum Gasteiger partial charge on any atom is -0.310 e. The standard InChI is InChI=1S/C55H41Cl2N3/c1-40-11-8-18-53(37-40)60(51-33-25-43(26-34-51)41-21-29-49(30-22-41)58(47-14-4-2-5-15-47)54-19-9-12-45(56)38-54)52-35-27-44(28-36-52)42-23-31-50(32-24-42)59(48-16-6-3-7-17-48)55-20-10-13-46(57)39-55/h2-39H,1H3. The van der Waals surface area contributed by atoms with Gasteiger partial charge in [0.25, 0.3) is 0 Å². The molecule has 0 unspecified atom stereocenters. The fourth-order valence-electron chi connectivity index (χ4n) is 7.71. The summed E-state index contributed by atoms with van der Waals surface area (Å²) in [6.45, 7) is 2.14. The lowest BCUT2D eigenvalue weighted by molar-refractivity contribution is 1.27. The summed E-state index contributed by atoms with van der Waals surface area (Å²) in [6.07, 6.45) is 0. The first-order valence-corrected chi connectivity index (χ1v) is 20.7. The average Bonchev–Trinajstić information content (AvgIpc) is 3.29. The van der Waals surface area contributed by atoms with Gasteiger partial charge < -0.3 is 14.7 Å². The highest BCUT2D eigenvalue weighted by Gasteiger charge is 2.17. The number of anilines is 9. The van der Waals surface area contributed by atoms with Crippen molar-refractivity contribution in [3.8, 4) is 22.3 Å². The van der Waals surface area contributed by atoms with E-state index in [2.05, 4.69) is 204 Å². The van der Waals surface area contributed by atoms with Crippen LogP contribution in [0.2, 0.25) is 10.0 Å². The molecule has 0 radical (unpaired) electrons. The first kappa shape index (κ1) is 38.5. The molecule has 0 spiro atoms. The summed E-state index contributed by atoms with van der Waals surface area (Å²) in [4.78, 5) is 6.76. The molecule has 0 fully saturated rings. The van der Waals surface area contributed by atoms with Crippen LogP contribution in [0.4, 0.5) is 51.2 Å². The van der Waals surface area contributed by atoms with Crippen molar-refractivity contribution in [1.82, 2.24) is 0 Å². The number of aryl methyl sites for hydroxylation is 1. The lowest BCUT2D eigenvalue weighted by atomic mass is 10.0. The molecule has 5 heteroatoms. The van der Waals surface area contributed by atoms with E-state index in [1.165, 1.54) is 5.56 Å². The van der Waals surface area contributed by atoms with Gasteiger partial charge in [0.15, 0.2) is 0 Å². The number of rotatable bonds is 11.